The third kappa shape index (κ3) is 1.23. The second-order valence-electron chi connectivity index (χ2n) is 4.01. The molecular formula is C10H11N3O2S. The van der Waals surface area contributed by atoms with Gasteiger partial charge in [0.25, 0.3) is 10.0 Å². The third-order valence-corrected chi connectivity index (χ3v) is 4.89. The zero-order chi connectivity index (χ0) is 11.3. The molecule has 2 aromatic rings. The zero-order valence-electron chi connectivity index (χ0n) is 8.50. The van der Waals surface area contributed by atoms with Gasteiger partial charge in [0, 0.05) is 11.1 Å². The van der Waals surface area contributed by atoms with Crippen LogP contribution in [-0.4, -0.2) is 22.9 Å². The fraction of sp³-hybridized carbons (Fsp3) is 0.300. The fourth-order valence-corrected chi connectivity index (χ4v) is 3.39. The van der Waals surface area contributed by atoms with E-state index in [2.05, 4.69) is 5.10 Å². The number of hydrogen-bond donors (Lipinski definition) is 1. The summed E-state index contributed by atoms with van der Waals surface area (Å²) in [5, 5.41) is 4.36. The molecule has 16 heavy (non-hydrogen) atoms. The largest absolute Gasteiger partial charge is 0.398 e. The topological polar surface area (TPSA) is 78.0 Å². The van der Waals surface area contributed by atoms with Gasteiger partial charge in [-0.1, -0.05) is 6.07 Å². The van der Waals surface area contributed by atoms with Gasteiger partial charge in [-0.15, -0.1) is 0 Å². The second-order valence-corrected chi connectivity index (χ2v) is 6.05. The summed E-state index contributed by atoms with van der Waals surface area (Å²) in [4.78, 5) is 0. The van der Waals surface area contributed by atoms with Crippen molar-refractivity contribution in [1.82, 2.24) is 9.19 Å². The molecule has 1 aliphatic rings. The summed E-state index contributed by atoms with van der Waals surface area (Å²) in [6.45, 7) is 0. The van der Waals surface area contributed by atoms with Gasteiger partial charge in [0.05, 0.1) is 17.0 Å². The van der Waals surface area contributed by atoms with Gasteiger partial charge in [-0.05, 0) is 25.0 Å². The maximum Gasteiger partial charge on any atom is 0.257 e. The number of benzene rings is 1. The van der Waals surface area contributed by atoms with Crippen LogP contribution in [0.25, 0.3) is 10.9 Å². The van der Waals surface area contributed by atoms with Crippen LogP contribution < -0.4 is 5.73 Å². The van der Waals surface area contributed by atoms with Crippen LogP contribution in [-0.2, 0) is 10.0 Å². The average Bonchev–Trinajstić information content (AvgIpc) is 2.99. The van der Waals surface area contributed by atoms with Crippen LogP contribution >= 0.6 is 0 Å². The summed E-state index contributed by atoms with van der Waals surface area (Å²) >= 11 is 0. The van der Waals surface area contributed by atoms with Crippen LogP contribution in [0, 0.1) is 0 Å². The summed E-state index contributed by atoms with van der Waals surface area (Å²) in [6.07, 6.45) is 2.96. The lowest BCUT2D eigenvalue weighted by Crippen LogP contribution is -2.18. The highest BCUT2D eigenvalue weighted by atomic mass is 32.2. The second kappa shape index (κ2) is 2.98. The minimum absolute atomic E-state index is 0.267. The van der Waals surface area contributed by atoms with Crippen molar-refractivity contribution < 1.29 is 8.42 Å². The first-order valence-electron chi connectivity index (χ1n) is 5.07. The molecule has 1 aliphatic carbocycles. The number of aromatic nitrogens is 2. The van der Waals surface area contributed by atoms with Gasteiger partial charge in [-0.25, -0.2) is 8.42 Å². The predicted molar refractivity (Wildman–Crippen MR) is 61.5 cm³/mol. The van der Waals surface area contributed by atoms with Crippen molar-refractivity contribution in [1.29, 1.82) is 0 Å². The minimum atomic E-state index is -3.32. The summed E-state index contributed by atoms with van der Waals surface area (Å²) in [5.74, 6) is 0. The highest BCUT2D eigenvalue weighted by Crippen LogP contribution is 2.32. The molecule has 0 radical (unpaired) electrons. The van der Waals surface area contributed by atoms with E-state index in [0.29, 0.717) is 16.6 Å². The van der Waals surface area contributed by atoms with E-state index in [4.69, 9.17) is 5.73 Å². The van der Waals surface area contributed by atoms with Gasteiger partial charge in [-0.3, -0.25) is 0 Å². The number of nitrogens with zero attached hydrogens (tertiary/aromatic N) is 2. The minimum Gasteiger partial charge on any atom is -0.398 e. The standard InChI is InChI=1S/C10H11N3O2S/c11-9-2-1-3-10-8(9)6-12-13(10)16(14,15)7-4-5-7/h1-3,6-7H,4-5,11H2. The van der Waals surface area contributed by atoms with Gasteiger partial charge < -0.3 is 5.73 Å². The Morgan fingerprint density at radius 3 is 2.81 bits per heavy atom. The molecule has 0 amide bonds. The molecule has 84 valence electrons. The predicted octanol–water partition coefficient (Wildman–Crippen LogP) is 0.959. The number of fused-ring (bicyclic) bond motifs is 1. The van der Waals surface area contributed by atoms with Crippen LogP contribution in [0.3, 0.4) is 0 Å². The molecule has 0 atom stereocenters. The van der Waals surface area contributed by atoms with Crippen LogP contribution in [0.2, 0.25) is 0 Å². The summed E-state index contributed by atoms with van der Waals surface area (Å²) in [6, 6.07) is 5.19. The fourth-order valence-electron chi connectivity index (χ4n) is 1.76. The highest BCUT2D eigenvalue weighted by Gasteiger charge is 2.38. The van der Waals surface area contributed by atoms with Crippen molar-refractivity contribution in [2.24, 2.45) is 0 Å². The molecule has 1 aromatic heterocycles. The number of anilines is 1. The van der Waals surface area contributed by atoms with E-state index < -0.39 is 10.0 Å². The monoisotopic (exact) mass is 237 g/mol. The van der Waals surface area contributed by atoms with Crippen LogP contribution in [0.15, 0.2) is 24.4 Å². The van der Waals surface area contributed by atoms with Gasteiger partial charge in [0.2, 0.25) is 0 Å². The summed E-state index contributed by atoms with van der Waals surface area (Å²) in [5.41, 5.74) is 6.87. The smallest absolute Gasteiger partial charge is 0.257 e. The Bertz CT molecular complexity index is 656. The zero-order valence-corrected chi connectivity index (χ0v) is 9.31. The number of rotatable bonds is 2. The first-order valence-corrected chi connectivity index (χ1v) is 6.57. The van der Waals surface area contributed by atoms with Crippen molar-refractivity contribution in [3.8, 4) is 0 Å². The Kier molecular flexibility index (Phi) is 1.79. The summed E-state index contributed by atoms with van der Waals surface area (Å²) in [7, 11) is -3.32. The van der Waals surface area contributed by atoms with Gasteiger partial charge in [0.1, 0.15) is 0 Å². The van der Waals surface area contributed by atoms with Crippen molar-refractivity contribution in [2.45, 2.75) is 18.1 Å². The van der Waals surface area contributed by atoms with E-state index in [9.17, 15) is 8.42 Å². The van der Waals surface area contributed by atoms with Gasteiger partial charge in [-0.2, -0.15) is 9.19 Å². The Morgan fingerprint density at radius 1 is 1.38 bits per heavy atom. The molecule has 0 saturated heterocycles. The molecule has 1 heterocycles. The van der Waals surface area contributed by atoms with Crippen LogP contribution in [0.1, 0.15) is 12.8 Å². The maximum absolute atomic E-state index is 12.0. The molecule has 0 bridgehead atoms. The number of nitrogens with two attached hydrogens (primary N) is 1. The van der Waals surface area contributed by atoms with Crippen molar-refractivity contribution in [2.75, 3.05) is 5.73 Å². The van der Waals surface area contributed by atoms with Crippen LogP contribution in [0.4, 0.5) is 5.69 Å². The van der Waals surface area contributed by atoms with E-state index in [-0.39, 0.29) is 5.25 Å². The molecule has 1 saturated carbocycles. The third-order valence-electron chi connectivity index (χ3n) is 2.80. The normalized spacial score (nSPS) is 16.8. The van der Waals surface area contributed by atoms with Crippen molar-refractivity contribution in [3.63, 3.8) is 0 Å². The van der Waals surface area contributed by atoms with Gasteiger partial charge in [0.15, 0.2) is 0 Å². The lowest BCUT2D eigenvalue weighted by Gasteiger charge is -2.03. The lowest BCUT2D eigenvalue weighted by atomic mass is 10.2. The lowest BCUT2D eigenvalue weighted by molar-refractivity contribution is 0.581. The molecule has 1 aromatic carbocycles. The first-order chi connectivity index (χ1) is 7.60. The van der Waals surface area contributed by atoms with E-state index >= 15 is 0 Å². The summed E-state index contributed by atoms with van der Waals surface area (Å²) < 4.78 is 25.2. The average molecular weight is 237 g/mol. The van der Waals surface area contributed by atoms with Gasteiger partial charge >= 0.3 is 0 Å². The molecule has 0 unspecified atom stereocenters. The molecule has 3 rings (SSSR count). The van der Waals surface area contributed by atoms with Crippen molar-refractivity contribution in [3.05, 3.63) is 24.4 Å². The molecule has 2 N–H and O–H groups in total. The number of nitrogen functional groups attached to an aromatic ring is 1. The number of hydrogen-bond acceptors (Lipinski definition) is 4. The molecule has 1 fully saturated rings. The van der Waals surface area contributed by atoms with E-state index in [1.807, 2.05) is 0 Å². The van der Waals surface area contributed by atoms with E-state index in [0.717, 1.165) is 16.9 Å². The molecule has 5 nitrogen and oxygen atoms in total. The SMILES string of the molecule is Nc1cccc2c1cnn2S(=O)(=O)C1CC1. The Labute approximate surface area is 92.9 Å². The molecule has 6 heteroatoms. The quantitative estimate of drug-likeness (QED) is 0.789. The highest BCUT2D eigenvalue weighted by molar-refractivity contribution is 7.90. The van der Waals surface area contributed by atoms with E-state index in [1.165, 1.54) is 6.20 Å². The Balaban J connectivity index is 2.29. The molecular weight excluding hydrogens is 226 g/mol. The van der Waals surface area contributed by atoms with E-state index in [1.54, 1.807) is 18.2 Å². The van der Waals surface area contributed by atoms with Crippen LogP contribution in [0.5, 0.6) is 0 Å². The maximum atomic E-state index is 12.0. The van der Waals surface area contributed by atoms with Crippen molar-refractivity contribution >= 4 is 26.6 Å². The first kappa shape index (κ1) is 9.65. The molecule has 0 aliphatic heterocycles. The Hall–Kier alpha value is -1.56. The molecule has 0 spiro atoms. The Morgan fingerprint density at radius 2 is 2.12 bits per heavy atom.